The smallest absolute Gasteiger partial charge is 0.269 e. The van der Waals surface area contributed by atoms with Crippen molar-refractivity contribution < 1.29 is 14.8 Å². The van der Waals surface area contributed by atoms with Gasteiger partial charge in [0.05, 0.1) is 4.92 Å². The molecule has 1 aromatic rings. The Kier molecular flexibility index (Phi) is 5.98. The van der Waals surface area contributed by atoms with Crippen LogP contribution in [0.3, 0.4) is 0 Å². The second kappa shape index (κ2) is 7.59. The van der Waals surface area contributed by atoms with E-state index in [1.165, 1.54) is 12.1 Å². The van der Waals surface area contributed by atoms with E-state index in [2.05, 4.69) is 5.32 Å². The molecule has 94 valence electrons. The topological polar surface area (TPSA) is 84.6 Å². The van der Waals surface area contributed by atoms with E-state index in [4.69, 9.17) is 9.84 Å². The first-order valence-corrected chi connectivity index (χ1v) is 5.43. The zero-order valence-electron chi connectivity index (χ0n) is 9.46. The predicted molar refractivity (Wildman–Crippen MR) is 63.2 cm³/mol. The molecule has 6 nitrogen and oxygen atoms in total. The first-order chi connectivity index (χ1) is 8.24. The fourth-order valence-electron chi connectivity index (χ4n) is 1.23. The number of aliphatic hydroxyl groups is 1. The number of ether oxygens (including phenoxy) is 1. The molecule has 0 fully saturated rings. The predicted octanol–water partition coefficient (Wildman–Crippen LogP) is 0.946. The third-order valence-corrected chi connectivity index (χ3v) is 2.11. The lowest BCUT2D eigenvalue weighted by molar-refractivity contribution is -0.384. The molecule has 0 aliphatic rings. The molecule has 1 rings (SSSR count). The van der Waals surface area contributed by atoms with Crippen molar-refractivity contribution in [1.82, 2.24) is 5.32 Å². The molecule has 17 heavy (non-hydrogen) atoms. The Morgan fingerprint density at radius 1 is 1.29 bits per heavy atom. The van der Waals surface area contributed by atoms with Gasteiger partial charge >= 0.3 is 0 Å². The van der Waals surface area contributed by atoms with Gasteiger partial charge in [0.1, 0.15) is 12.4 Å². The van der Waals surface area contributed by atoms with Crippen LogP contribution in [-0.4, -0.2) is 36.3 Å². The summed E-state index contributed by atoms with van der Waals surface area (Å²) in [5.74, 6) is 0.611. The van der Waals surface area contributed by atoms with Gasteiger partial charge in [0.2, 0.25) is 0 Å². The highest BCUT2D eigenvalue weighted by Crippen LogP contribution is 2.16. The van der Waals surface area contributed by atoms with Gasteiger partial charge in [-0.2, -0.15) is 0 Å². The van der Waals surface area contributed by atoms with Gasteiger partial charge in [-0.1, -0.05) is 0 Å². The summed E-state index contributed by atoms with van der Waals surface area (Å²) in [6.07, 6.45) is 0.720. The molecule has 0 heterocycles. The molecule has 6 heteroatoms. The Balaban J connectivity index is 2.21. The van der Waals surface area contributed by atoms with E-state index in [0.717, 1.165) is 13.0 Å². The Morgan fingerprint density at radius 2 is 2.00 bits per heavy atom. The number of aliphatic hydroxyl groups excluding tert-OH is 1. The average molecular weight is 240 g/mol. The summed E-state index contributed by atoms with van der Waals surface area (Å²) in [7, 11) is 0. The highest BCUT2D eigenvalue weighted by Gasteiger charge is 2.03. The van der Waals surface area contributed by atoms with E-state index in [1.54, 1.807) is 12.1 Å². The summed E-state index contributed by atoms with van der Waals surface area (Å²) in [4.78, 5) is 9.96. The van der Waals surface area contributed by atoms with Crippen molar-refractivity contribution in [2.45, 2.75) is 6.42 Å². The van der Waals surface area contributed by atoms with Gasteiger partial charge in [0.15, 0.2) is 0 Å². The van der Waals surface area contributed by atoms with Crippen molar-refractivity contribution in [2.75, 3.05) is 26.3 Å². The number of nitrogens with zero attached hydrogens (tertiary/aromatic N) is 1. The van der Waals surface area contributed by atoms with Gasteiger partial charge in [0, 0.05) is 25.3 Å². The summed E-state index contributed by atoms with van der Waals surface area (Å²) in [6.45, 7) is 2.09. The number of hydrogen-bond acceptors (Lipinski definition) is 5. The molecule has 1 aromatic carbocycles. The van der Waals surface area contributed by atoms with E-state index < -0.39 is 4.92 Å². The van der Waals surface area contributed by atoms with Gasteiger partial charge in [-0.3, -0.25) is 10.1 Å². The van der Waals surface area contributed by atoms with Crippen LogP contribution in [0.1, 0.15) is 6.42 Å². The fourth-order valence-corrected chi connectivity index (χ4v) is 1.23. The molecule has 0 saturated heterocycles. The highest BCUT2D eigenvalue weighted by atomic mass is 16.6. The standard InChI is InChI=1S/C11H16N2O4/c14-8-1-6-12-7-9-17-11-4-2-10(3-5-11)13(15)16/h2-5,12,14H,1,6-9H2. The van der Waals surface area contributed by atoms with Crippen molar-refractivity contribution in [3.05, 3.63) is 34.4 Å². The Labute approximate surface area is 99.4 Å². The van der Waals surface area contributed by atoms with Gasteiger partial charge in [-0.15, -0.1) is 0 Å². The van der Waals surface area contributed by atoms with Crippen LogP contribution in [-0.2, 0) is 0 Å². The van der Waals surface area contributed by atoms with Gasteiger partial charge < -0.3 is 15.2 Å². The van der Waals surface area contributed by atoms with Crippen molar-refractivity contribution in [1.29, 1.82) is 0 Å². The minimum atomic E-state index is -0.444. The molecule has 0 amide bonds. The van der Waals surface area contributed by atoms with Crippen LogP contribution in [0.2, 0.25) is 0 Å². The molecular formula is C11H16N2O4. The largest absolute Gasteiger partial charge is 0.492 e. The van der Waals surface area contributed by atoms with Crippen LogP contribution < -0.4 is 10.1 Å². The Morgan fingerprint density at radius 3 is 2.59 bits per heavy atom. The second-order valence-corrected chi connectivity index (χ2v) is 3.43. The first-order valence-electron chi connectivity index (χ1n) is 5.43. The molecule has 0 aliphatic carbocycles. The van der Waals surface area contributed by atoms with Crippen molar-refractivity contribution in [2.24, 2.45) is 0 Å². The van der Waals surface area contributed by atoms with E-state index >= 15 is 0 Å². The molecule has 0 unspecified atom stereocenters. The number of nitro benzene ring substituents is 1. The molecule has 0 aromatic heterocycles. The van der Waals surface area contributed by atoms with Crippen LogP contribution in [0, 0.1) is 10.1 Å². The monoisotopic (exact) mass is 240 g/mol. The quantitative estimate of drug-likeness (QED) is 0.401. The number of hydrogen-bond donors (Lipinski definition) is 2. The molecule has 0 bridgehead atoms. The minimum absolute atomic E-state index is 0.0541. The van der Waals surface area contributed by atoms with Crippen LogP contribution in [0.4, 0.5) is 5.69 Å². The van der Waals surface area contributed by atoms with Crippen molar-refractivity contribution in [3.8, 4) is 5.75 Å². The second-order valence-electron chi connectivity index (χ2n) is 3.43. The van der Waals surface area contributed by atoms with E-state index in [9.17, 15) is 10.1 Å². The molecule has 0 spiro atoms. The molecular weight excluding hydrogens is 224 g/mol. The van der Waals surface area contributed by atoms with E-state index in [0.29, 0.717) is 18.9 Å². The Bertz CT molecular complexity index is 340. The molecule has 0 atom stereocenters. The number of rotatable bonds is 8. The SMILES string of the molecule is O=[N+]([O-])c1ccc(OCCNCCCO)cc1. The lowest BCUT2D eigenvalue weighted by Gasteiger charge is -2.06. The lowest BCUT2D eigenvalue weighted by Crippen LogP contribution is -2.22. The third kappa shape index (κ3) is 5.28. The highest BCUT2D eigenvalue weighted by molar-refractivity contribution is 5.35. The average Bonchev–Trinajstić information content (AvgIpc) is 2.34. The third-order valence-electron chi connectivity index (χ3n) is 2.11. The number of non-ortho nitro benzene ring substituents is 1. The normalized spacial score (nSPS) is 10.2. The van der Waals surface area contributed by atoms with Gasteiger partial charge in [-0.05, 0) is 25.1 Å². The van der Waals surface area contributed by atoms with E-state index in [1.807, 2.05) is 0 Å². The minimum Gasteiger partial charge on any atom is -0.492 e. The maximum atomic E-state index is 10.4. The zero-order valence-corrected chi connectivity index (χ0v) is 9.46. The summed E-state index contributed by atoms with van der Waals surface area (Å²) >= 11 is 0. The number of nitro groups is 1. The summed E-state index contributed by atoms with van der Waals surface area (Å²) in [5, 5.41) is 22.0. The van der Waals surface area contributed by atoms with Gasteiger partial charge in [0.25, 0.3) is 5.69 Å². The number of benzene rings is 1. The Hall–Kier alpha value is -1.66. The molecule has 2 N–H and O–H groups in total. The zero-order chi connectivity index (χ0) is 12.5. The molecule has 0 radical (unpaired) electrons. The number of nitrogens with one attached hydrogen (secondary N) is 1. The van der Waals surface area contributed by atoms with Crippen LogP contribution in [0.25, 0.3) is 0 Å². The molecule has 0 aliphatic heterocycles. The van der Waals surface area contributed by atoms with Crippen molar-refractivity contribution in [3.63, 3.8) is 0 Å². The van der Waals surface area contributed by atoms with Crippen LogP contribution >= 0.6 is 0 Å². The fraction of sp³-hybridized carbons (Fsp3) is 0.455. The maximum absolute atomic E-state index is 10.4. The summed E-state index contributed by atoms with van der Waals surface area (Å²) < 4.78 is 5.37. The van der Waals surface area contributed by atoms with Crippen molar-refractivity contribution >= 4 is 5.69 Å². The maximum Gasteiger partial charge on any atom is 0.269 e. The summed E-state index contributed by atoms with van der Waals surface area (Å²) in [5.41, 5.74) is 0.0541. The lowest BCUT2D eigenvalue weighted by atomic mass is 10.3. The first kappa shape index (κ1) is 13.4. The molecule has 0 saturated carbocycles. The van der Waals surface area contributed by atoms with Crippen LogP contribution in [0.15, 0.2) is 24.3 Å². The van der Waals surface area contributed by atoms with Gasteiger partial charge in [-0.25, -0.2) is 0 Å². The van der Waals surface area contributed by atoms with Crippen LogP contribution in [0.5, 0.6) is 5.75 Å². The summed E-state index contributed by atoms with van der Waals surface area (Å²) in [6, 6.07) is 5.97. The van der Waals surface area contributed by atoms with E-state index in [-0.39, 0.29) is 12.3 Å².